The van der Waals surface area contributed by atoms with Crippen molar-refractivity contribution in [2.75, 3.05) is 11.4 Å². The molecule has 20 heavy (non-hydrogen) atoms. The van der Waals surface area contributed by atoms with E-state index in [1.54, 1.807) is 4.90 Å². The largest absolute Gasteiger partial charge is 0.481 e. The number of rotatable bonds is 2. The van der Waals surface area contributed by atoms with Crippen molar-refractivity contribution in [3.05, 3.63) is 29.8 Å². The van der Waals surface area contributed by atoms with Crippen LogP contribution < -0.4 is 4.90 Å². The number of nitrogens with zero attached hydrogens (tertiary/aromatic N) is 1. The average molecular weight is 273 g/mol. The minimum atomic E-state index is -0.827. The molecule has 4 nitrogen and oxygen atoms in total. The van der Waals surface area contributed by atoms with Gasteiger partial charge in [-0.1, -0.05) is 32.0 Å². The number of anilines is 1. The highest BCUT2D eigenvalue weighted by Crippen LogP contribution is 2.53. The first-order valence-corrected chi connectivity index (χ1v) is 7.02. The zero-order valence-electron chi connectivity index (χ0n) is 11.8. The van der Waals surface area contributed by atoms with E-state index in [1.165, 1.54) is 0 Å². The van der Waals surface area contributed by atoms with Gasteiger partial charge in [-0.05, 0) is 29.9 Å². The van der Waals surface area contributed by atoms with Crippen LogP contribution in [0.15, 0.2) is 24.3 Å². The number of carbonyl (C=O) groups excluding carboxylic acids is 1. The van der Waals surface area contributed by atoms with Crippen molar-refractivity contribution >= 4 is 17.6 Å². The fourth-order valence-electron chi connectivity index (χ4n) is 3.05. The van der Waals surface area contributed by atoms with Crippen molar-refractivity contribution in [1.29, 1.82) is 0 Å². The molecule has 106 valence electrons. The quantitative estimate of drug-likeness (QED) is 0.899. The van der Waals surface area contributed by atoms with Gasteiger partial charge in [0.25, 0.3) is 0 Å². The van der Waals surface area contributed by atoms with E-state index in [9.17, 15) is 14.7 Å². The number of carboxylic acids is 1. The van der Waals surface area contributed by atoms with Crippen molar-refractivity contribution in [1.82, 2.24) is 0 Å². The molecule has 0 radical (unpaired) electrons. The summed E-state index contributed by atoms with van der Waals surface area (Å²) in [7, 11) is 0. The SMILES string of the molecule is CC1(C)CC1C(=O)N1CC(C(=O)O)Cc2ccccc21. The summed E-state index contributed by atoms with van der Waals surface area (Å²) in [6.45, 7) is 4.46. The highest BCUT2D eigenvalue weighted by Gasteiger charge is 2.53. The van der Waals surface area contributed by atoms with E-state index < -0.39 is 11.9 Å². The Bertz CT molecular complexity index is 579. The van der Waals surface area contributed by atoms with E-state index in [2.05, 4.69) is 13.8 Å². The number of amides is 1. The van der Waals surface area contributed by atoms with Crippen LogP contribution in [0.4, 0.5) is 5.69 Å². The van der Waals surface area contributed by atoms with Crippen molar-refractivity contribution in [3.8, 4) is 0 Å². The Morgan fingerprint density at radius 2 is 1.95 bits per heavy atom. The van der Waals surface area contributed by atoms with E-state index in [0.717, 1.165) is 17.7 Å². The minimum absolute atomic E-state index is 0.0306. The number of fused-ring (bicyclic) bond motifs is 1. The van der Waals surface area contributed by atoms with Crippen LogP contribution in [0.3, 0.4) is 0 Å². The predicted molar refractivity (Wildman–Crippen MR) is 75.5 cm³/mol. The Hall–Kier alpha value is -1.84. The number of hydrogen-bond acceptors (Lipinski definition) is 2. The van der Waals surface area contributed by atoms with Gasteiger partial charge in [-0.3, -0.25) is 9.59 Å². The zero-order valence-corrected chi connectivity index (χ0v) is 11.8. The molecule has 0 aromatic heterocycles. The average Bonchev–Trinajstić information content (AvgIpc) is 3.05. The molecule has 4 heteroatoms. The first-order valence-electron chi connectivity index (χ1n) is 7.02. The Labute approximate surface area is 118 Å². The molecule has 0 bridgehead atoms. The molecule has 0 saturated heterocycles. The van der Waals surface area contributed by atoms with Gasteiger partial charge in [0, 0.05) is 18.2 Å². The maximum atomic E-state index is 12.6. The van der Waals surface area contributed by atoms with Gasteiger partial charge in [0.05, 0.1) is 5.92 Å². The Morgan fingerprint density at radius 1 is 1.30 bits per heavy atom. The van der Waals surface area contributed by atoms with Gasteiger partial charge in [0.2, 0.25) is 5.91 Å². The van der Waals surface area contributed by atoms with Gasteiger partial charge < -0.3 is 10.0 Å². The van der Waals surface area contributed by atoms with Crippen LogP contribution in [0.5, 0.6) is 0 Å². The predicted octanol–water partition coefficient (Wildman–Crippen LogP) is 2.32. The molecule has 1 fully saturated rings. The van der Waals surface area contributed by atoms with Crippen molar-refractivity contribution in [2.24, 2.45) is 17.3 Å². The normalized spacial score (nSPS) is 26.8. The zero-order chi connectivity index (χ0) is 14.5. The van der Waals surface area contributed by atoms with Crippen LogP contribution in [-0.2, 0) is 16.0 Å². The number of carbonyl (C=O) groups is 2. The molecule has 2 unspecified atom stereocenters. The first-order chi connectivity index (χ1) is 9.40. The van der Waals surface area contributed by atoms with Crippen molar-refractivity contribution in [3.63, 3.8) is 0 Å². The van der Waals surface area contributed by atoms with Crippen molar-refractivity contribution in [2.45, 2.75) is 26.7 Å². The summed E-state index contributed by atoms with van der Waals surface area (Å²) < 4.78 is 0. The van der Waals surface area contributed by atoms with Gasteiger partial charge in [-0.25, -0.2) is 0 Å². The molecular weight excluding hydrogens is 254 g/mol. The molecule has 1 N–H and O–H groups in total. The van der Waals surface area contributed by atoms with Gasteiger partial charge in [0.15, 0.2) is 0 Å². The lowest BCUT2D eigenvalue weighted by atomic mass is 9.92. The lowest BCUT2D eigenvalue weighted by Gasteiger charge is -2.33. The highest BCUT2D eigenvalue weighted by molar-refractivity contribution is 5.99. The molecule has 0 spiro atoms. The van der Waals surface area contributed by atoms with Crippen LogP contribution in [-0.4, -0.2) is 23.5 Å². The second kappa shape index (κ2) is 4.33. The van der Waals surface area contributed by atoms with Crippen LogP contribution in [0.1, 0.15) is 25.8 Å². The number of para-hydroxylation sites is 1. The van der Waals surface area contributed by atoms with E-state index >= 15 is 0 Å². The molecular formula is C16H19NO3. The van der Waals surface area contributed by atoms with Crippen molar-refractivity contribution < 1.29 is 14.7 Å². The maximum Gasteiger partial charge on any atom is 0.308 e. The Balaban J connectivity index is 1.93. The Morgan fingerprint density at radius 3 is 2.55 bits per heavy atom. The lowest BCUT2D eigenvalue weighted by Crippen LogP contribution is -2.43. The van der Waals surface area contributed by atoms with Crippen LogP contribution in [0.2, 0.25) is 0 Å². The van der Waals surface area contributed by atoms with Crippen LogP contribution >= 0.6 is 0 Å². The smallest absolute Gasteiger partial charge is 0.308 e. The van der Waals surface area contributed by atoms with E-state index in [4.69, 9.17) is 0 Å². The molecule has 1 aromatic rings. The number of aliphatic carboxylic acids is 1. The third-order valence-corrected chi connectivity index (χ3v) is 4.58. The molecule has 1 heterocycles. The summed E-state index contributed by atoms with van der Waals surface area (Å²) in [6, 6.07) is 7.63. The second-order valence-electron chi connectivity index (χ2n) is 6.56. The first kappa shape index (κ1) is 13.2. The molecule has 2 atom stereocenters. The maximum absolute atomic E-state index is 12.6. The molecule has 1 aromatic carbocycles. The molecule has 1 amide bonds. The molecule has 1 saturated carbocycles. The Kier molecular flexibility index (Phi) is 2.85. The third kappa shape index (κ3) is 2.09. The summed E-state index contributed by atoms with van der Waals surface area (Å²) in [6.07, 6.45) is 1.39. The summed E-state index contributed by atoms with van der Waals surface area (Å²) >= 11 is 0. The topological polar surface area (TPSA) is 57.6 Å². The standard InChI is InChI=1S/C16H19NO3/c1-16(2)8-12(16)14(18)17-9-11(15(19)20)7-10-5-3-4-6-13(10)17/h3-6,11-12H,7-9H2,1-2H3,(H,19,20). The van der Waals surface area contributed by atoms with E-state index in [-0.39, 0.29) is 23.8 Å². The van der Waals surface area contributed by atoms with Gasteiger partial charge in [0.1, 0.15) is 0 Å². The minimum Gasteiger partial charge on any atom is -0.481 e. The number of benzene rings is 1. The fourth-order valence-corrected chi connectivity index (χ4v) is 3.05. The molecule has 1 aliphatic carbocycles. The van der Waals surface area contributed by atoms with E-state index in [0.29, 0.717) is 6.42 Å². The summed E-state index contributed by atoms with van der Waals surface area (Å²) in [5, 5.41) is 9.28. The summed E-state index contributed by atoms with van der Waals surface area (Å²) in [5.74, 6) is -1.22. The monoisotopic (exact) mass is 273 g/mol. The summed E-state index contributed by atoms with van der Waals surface area (Å²) in [5.41, 5.74) is 1.90. The van der Waals surface area contributed by atoms with Crippen LogP contribution in [0, 0.1) is 17.3 Å². The van der Waals surface area contributed by atoms with Gasteiger partial charge in [-0.15, -0.1) is 0 Å². The summed E-state index contributed by atoms with van der Waals surface area (Å²) in [4.78, 5) is 25.6. The lowest BCUT2D eigenvalue weighted by molar-refractivity contribution is -0.141. The van der Waals surface area contributed by atoms with Crippen LogP contribution in [0.25, 0.3) is 0 Å². The number of hydrogen-bond donors (Lipinski definition) is 1. The number of carboxylic acid groups (broad SMARTS) is 1. The van der Waals surface area contributed by atoms with Gasteiger partial charge in [-0.2, -0.15) is 0 Å². The molecule has 3 rings (SSSR count). The van der Waals surface area contributed by atoms with E-state index in [1.807, 2.05) is 24.3 Å². The third-order valence-electron chi connectivity index (χ3n) is 4.58. The fraction of sp³-hybridized carbons (Fsp3) is 0.500. The second-order valence-corrected chi connectivity index (χ2v) is 6.56. The molecule has 1 aliphatic heterocycles. The highest BCUT2D eigenvalue weighted by atomic mass is 16.4. The van der Waals surface area contributed by atoms with Gasteiger partial charge >= 0.3 is 5.97 Å². The molecule has 2 aliphatic rings.